The summed E-state index contributed by atoms with van der Waals surface area (Å²) in [5.41, 5.74) is 3.63. The number of rotatable bonds is 6. The van der Waals surface area contributed by atoms with Crippen molar-refractivity contribution in [2.24, 2.45) is 5.92 Å². The molecule has 3 rings (SSSR count). The molecule has 3 aromatic rings. The first-order chi connectivity index (χ1) is 14.6. The van der Waals surface area contributed by atoms with Crippen molar-refractivity contribution in [1.82, 2.24) is 0 Å². The van der Waals surface area contributed by atoms with Gasteiger partial charge in [0.25, 0.3) is 0 Å². The molecule has 0 heterocycles. The normalized spacial score (nSPS) is 13.2. The molecule has 31 heavy (non-hydrogen) atoms. The summed E-state index contributed by atoms with van der Waals surface area (Å²) in [7, 11) is -1.93. The molecule has 3 aromatic carbocycles. The minimum Gasteiger partial charge on any atom is -0.488 e. The van der Waals surface area contributed by atoms with Crippen molar-refractivity contribution in [3.63, 3.8) is 0 Å². The van der Waals surface area contributed by atoms with Gasteiger partial charge in [0, 0.05) is 0 Å². The molecule has 0 aromatic heterocycles. The van der Waals surface area contributed by atoms with Gasteiger partial charge in [-0.25, -0.2) is 0 Å². The SMILES string of the molecule is CC(C)/C(=C(\c1ccccc1)c1cccc(OC(C)(C)C)c1)[Si](C)(C)c1ccccc1. The highest BCUT2D eigenvalue weighted by Gasteiger charge is 2.33. The molecular weight excluding hydrogens is 392 g/mol. The largest absolute Gasteiger partial charge is 0.488 e. The van der Waals surface area contributed by atoms with Crippen LogP contribution in [0.25, 0.3) is 5.57 Å². The van der Waals surface area contributed by atoms with Gasteiger partial charge in [0.1, 0.15) is 19.4 Å². The van der Waals surface area contributed by atoms with E-state index in [-0.39, 0.29) is 5.60 Å². The Balaban J connectivity index is 2.30. The molecule has 0 aliphatic heterocycles. The molecule has 162 valence electrons. The quantitative estimate of drug-likeness (QED) is 0.370. The van der Waals surface area contributed by atoms with E-state index in [2.05, 4.69) is 133 Å². The number of benzene rings is 3. The highest BCUT2D eigenvalue weighted by atomic mass is 28.3. The standard InChI is InChI=1S/C29H36OSi/c1-22(2)28(31(6,7)26-19-12-9-13-20-26)27(23-15-10-8-11-16-23)24-17-14-18-25(21-24)30-29(3,4)5/h8-22H,1-7H3/b28-27-. The Morgan fingerprint density at radius 3 is 1.84 bits per heavy atom. The second kappa shape index (κ2) is 9.28. The van der Waals surface area contributed by atoms with Gasteiger partial charge in [-0.1, -0.05) is 110 Å². The third-order valence-electron chi connectivity index (χ3n) is 5.62. The zero-order valence-corrected chi connectivity index (χ0v) is 21.1. The molecule has 1 nitrogen and oxygen atoms in total. The molecule has 0 spiro atoms. The zero-order chi connectivity index (χ0) is 22.6. The van der Waals surface area contributed by atoms with Crippen LogP contribution in [-0.2, 0) is 0 Å². The predicted octanol–water partition coefficient (Wildman–Crippen LogP) is 7.48. The molecule has 0 N–H and O–H groups in total. The lowest BCUT2D eigenvalue weighted by atomic mass is 9.94. The van der Waals surface area contributed by atoms with Crippen molar-refractivity contribution >= 4 is 18.8 Å². The number of hydrogen-bond donors (Lipinski definition) is 0. The van der Waals surface area contributed by atoms with Crippen LogP contribution in [0.2, 0.25) is 13.1 Å². The average molecular weight is 429 g/mol. The van der Waals surface area contributed by atoms with Crippen molar-refractivity contribution in [3.05, 3.63) is 101 Å². The molecule has 0 aliphatic rings. The van der Waals surface area contributed by atoms with Crippen molar-refractivity contribution in [2.75, 3.05) is 0 Å². The lowest BCUT2D eigenvalue weighted by Gasteiger charge is -2.33. The Morgan fingerprint density at radius 1 is 0.742 bits per heavy atom. The van der Waals surface area contributed by atoms with Gasteiger partial charge < -0.3 is 4.74 Å². The molecular formula is C29H36OSi. The molecule has 0 fully saturated rings. The average Bonchev–Trinajstić information content (AvgIpc) is 2.71. The van der Waals surface area contributed by atoms with Crippen molar-refractivity contribution < 1.29 is 4.74 Å². The van der Waals surface area contributed by atoms with Crippen LogP contribution in [0.1, 0.15) is 45.7 Å². The van der Waals surface area contributed by atoms with Crippen LogP contribution < -0.4 is 9.92 Å². The summed E-state index contributed by atoms with van der Waals surface area (Å²) in [6.45, 7) is 15.9. The Hall–Kier alpha value is -2.58. The van der Waals surface area contributed by atoms with Crippen LogP contribution in [0.15, 0.2) is 90.1 Å². The molecule has 0 radical (unpaired) electrons. The molecule has 0 bridgehead atoms. The van der Waals surface area contributed by atoms with Crippen molar-refractivity contribution in [2.45, 2.75) is 53.3 Å². The summed E-state index contributed by atoms with van der Waals surface area (Å²) in [6.07, 6.45) is 0. The van der Waals surface area contributed by atoms with Gasteiger partial charge in [0.05, 0.1) is 0 Å². The van der Waals surface area contributed by atoms with Gasteiger partial charge in [0.15, 0.2) is 0 Å². The van der Waals surface area contributed by atoms with Crippen LogP contribution in [0.3, 0.4) is 0 Å². The Labute approximate surface area is 189 Å². The lowest BCUT2D eigenvalue weighted by molar-refractivity contribution is 0.131. The Morgan fingerprint density at radius 2 is 1.29 bits per heavy atom. The minimum absolute atomic E-state index is 0.228. The van der Waals surface area contributed by atoms with Crippen LogP contribution in [0.5, 0.6) is 5.75 Å². The van der Waals surface area contributed by atoms with E-state index in [1.807, 2.05) is 0 Å². The van der Waals surface area contributed by atoms with Gasteiger partial charge in [-0.3, -0.25) is 0 Å². The van der Waals surface area contributed by atoms with Gasteiger partial charge in [-0.15, -0.1) is 0 Å². The fourth-order valence-corrected chi connectivity index (χ4v) is 8.18. The zero-order valence-electron chi connectivity index (χ0n) is 20.1. The van der Waals surface area contributed by atoms with Crippen LogP contribution in [0, 0.1) is 5.92 Å². The molecule has 0 saturated carbocycles. The summed E-state index contributed by atoms with van der Waals surface area (Å²) in [4.78, 5) is 0. The van der Waals surface area contributed by atoms with E-state index in [4.69, 9.17) is 4.74 Å². The fraction of sp³-hybridized carbons (Fsp3) is 0.310. The van der Waals surface area contributed by atoms with Crippen molar-refractivity contribution in [3.8, 4) is 5.75 Å². The fourth-order valence-electron chi connectivity index (χ4n) is 4.48. The van der Waals surface area contributed by atoms with E-state index in [9.17, 15) is 0 Å². The summed E-state index contributed by atoms with van der Waals surface area (Å²) >= 11 is 0. The van der Waals surface area contributed by atoms with E-state index >= 15 is 0 Å². The molecule has 0 aliphatic carbocycles. The van der Waals surface area contributed by atoms with E-state index in [0.29, 0.717) is 5.92 Å². The van der Waals surface area contributed by atoms with Crippen LogP contribution >= 0.6 is 0 Å². The third kappa shape index (κ3) is 5.56. The van der Waals surface area contributed by atoms with Gasteiger partial charge in [-0.05, 0) is 55.5 Å². The summed E-state index contributed by atoms with van der Waals surface area (Å²) in [6, 6.07) is 30.5. The van der Waals surface area contributed by atoms with Gasteiger partial charge in [-0.2, -0.15) is 0 Å². The summed E-state index contributed by atoms with van der Waals surface area (Å²) in [5, 5.41) is 3.03. The van der Waals surface area contributed by atoms with Crippen LogP contribution in [0.4, 0.5) is 0 Å². The molecule has 0 unspecified atom stereocenters. The molecule has 0 saturated heterocycles. The molecule has 0 amide bonds. The maximum absolute atomic E-state index is 6.23. The van der Waals surface area contributed by atoms with E-state index in [1.165, 1.54) is 21.9 Å². The van der Waals surface area contributed by atoms with Crippen LogP contribution in [-0.4, -0.2) is 13.7 Å². The number of hydrogen-bond acceptors (Lipinski definition) is 1. The maximum atomic E-state index is 6.23. The third-order valence-corrected chi connectivity index (χ3v) is 9.58. The highest BCUT2D eigenvalue weighted by molar-refractivity contribution is 6.96. The number of ether oxygens (including phenoxy) is 1. The second-order valence-electron chi connectivity index (χ2n) is 10.0. The minimum atomic E-state index is -1.93. The van der Waals surface area contributed by atoms with E-state index in [1.54, 1.807) is 5.20 Å². The Kier molecular flexibility index (Phi) is 6.91. The first-order valence-corrected chi connectivity index (χ1v) is 14.2. The first-order valence-electron chi connectivity index (χ1n) is 11.2. The summed E-state index contributed by atoms with van der Waals surface area (Å²) in [5.74, 6) is 1.35. The van der Waals surface area contributed by atoms with Gasteiger partial charge in [0.2, 0.25) is 0 Å². The second-order valence-corrected chi connectivity index (χ2v) is 14.4. The van der Waals surface area contributed by atoms with E-state index in [0.717, 1.165) is 5.75 Å². The number of allylic oxidation sites excluding steroid dienone is 1. The monoisotopic (exact) mass is 428 g/mol. The van der Waals surface area contributed by atoms with Crippen molar-refractivity contribution in [1.29, 1.82) is 0 Å². The maximum Gasteiger partial charge on any atom is 0.120 e. The topological polar surface area (TPSA) is 9.23 Å². The predicted molar refractivity (Wildman–Crippen MR) is 138 cm³/mol. The summed E-state index contributed by atoms with van der Waals surface area (Å²) < 4.78 is 6.23. The molecule has 2 heteroatoms. The molecule has 0 atom stereocenters. The highest BCUT2D eigenvalue weighted by Crippen LogP contribution is 2.37. The smallest absolute Gasteiger partial charge is 0.120 e. The van der Waals surface area contributed by atoms with E-state index < -0.39 is 8.07 Å². The Bertz CT molecular complexity index is 1030. The first kappa shape index (κ1) is 23.1. The lowest BCUT2D eigenvalue weighted by Crippen LogP contribution is -2.46. The van der Waals surface area contributed by atoms with Gasteiger partial charge >= 0.3 is 0 Å².